The van der Waals surface area contributed by atoms with Gasteiger partial charge in [-0.15, -0.1) is 11.3 Å². The van der Waals surface area contributed by atoms with Crippen molar-refractivity contribution in [2.24, 2.45) is 0 Å². The van der Waals surface area contributed by atoms with Crippen LogP contribution in [0.5, 0.6) is 0 Å². The van der Waals surface area contributed by atoms with Crippen LogP contribution >= 0.6 is 11.3 Å². The van der Waals surface area contributed by atoms with Crippen LogP contribution in [0.25, 0.3) is 10.2 Å². The van der Waals surface area contributed by atoms with E-state index in [-0.39, 0.29) is 11.5 Å². The lowest BCUT2D eigenvalue weighted by Crippen LogP contribution is -2.40. The molecule has 0 saturated carbocycles. The van der Waals surface area contributed by atoms with Gasteiger partial charge in [-0.25, -0.2) is 4.98 Å². The molecule has 7 heteroatoms. The second-order valence-corrected chi connectivity index (χ2v) is 7.89. The van der Waals surface area contributed by atoms with Crippen LogP contribution in [0.4, 0.5) is 0 Å². The van der Waals surface area contributed by atoms with Crippen LogP contribution in [0.3, 0.4) is 0 Å². The van der Waals surface area contributed by atoms with E-state index in [2.05, 4.69) is 22.1 Å². The van der Waals surface area contributed by atoms with Crippen LogP contribution in [0.15, 0.2) is 11.1 Å². The summed E-state index contributed by atoms with van der Waals surface area (Å²) in [7, 11) is 0. The van der Waals surface area contributed by atoms with E-state index >= 15 is 0 Å². The van der Waals surface area contributed by atoms with Crippen molar-refractivity contribution >= 4 is 27.5 Å². The number of likely N-dealkylation sites (tertiary alicyclic amines) is 1. The van der Waals surface area contributed by atoms with Gasteiger partial charge in [0.25, 0.3) is 5.56 Å². The molecule has 1 aliphatic rings. The van der Waals surface area contributed by atoms with E-state index in [1.165, 1.54) is 6.42 Å². The van der Waals surface area contributed by atoms with Gasteiger partial charge >= 0.3 is 0 Å². The minimum absolute atomic E-state index is 0.00632. The lowest BCUT2D eigenvalue weighted by atomic mass is 10.2. The zero-order valence-corrected chi connectivity index (χ0v) is 16.0. The minimum Gasteiger partial charge on any atom is -0.354 e. The lowest BCUT2D eigenvalue weighted by Gasteiger charge is -2.22. The number of carbonyl (C=O) groups excluding carboxylic acids is 1. The van der Waals surface area contributed by atoms with Gasteiger partial charge in [-0.05, 0) is 45.3 Å². The molecule has 2 aromatic rings. The molecule has 0 radical (unpaired) electrons. The number of carbonyl (C=O) groups is 1. The largest absolute Gasteiger partial charge is 0.354 e. The number of hydrogen-bond acceptors (Lipinski definition) is 5. The monoisotopic (exact) mass is 362 g/mol. The molecule has 1 atom stereocenters. The molecule has 2 aromatic heterocycles. The van der Waals surface area contributed by atoms with Crippen LogP contribution in [0.1, 0.15) is 36.6 Å². The highest BCUT2D eigenvalue weighted by atomic mass is 32.1. The molecule has 1 fully saturated rings. The SMILES string of the molecule is CCN1CCCC1CNC(=O)CCn1cnc2sc(C)c(C)c2c1=O. The lowest BCUT2D eigenvalue weighted by molar-refractivity contribution is -0.121. The number of amides is 1. The first kappa shape index (κ1) is 18.1. The van der Waals surface area contributed by atoms with Crippen molar-refractivity contribution in [3.8, 4) is 0 Å². The number of aromatic nitrogens is 2. The number of aryl methyl sites for hydroxylation is 3. The molecule has 0 aromatic carbocycles. The molecule has 1 aliphatic heterocycles. The quantitative estimate of drug-likeness (QED) is 0.854. The number of rotatable bonds is 6. The highest BCUT2D eigenvalue weighted by Crippen LogP contribution is 2.25. The molecule has 1 N–H and O–H groups in total. The van der Waals surface area contributed by atoms with Crippen molar-refractivity contribution in [1.82, 2.24) is 19.8 Å². The Morgan fingerprint density at radius 2 is 2.24 bits per heavy atom. The predicted octanol–water partition coefficient (Wildman–Crippen LogP) is 2.07. The van der Waals surface area contributed by atoms with Gasteiger partial charge in [0, 0.05) is 30.4 Å². The van der Waals surface area contributed by atoms with E-state index in [0.717, 1.165) is 34.8 Å². The average Bonchev–Trinajstić information content (AvgIpc) is 3.17. The molecular formula is C18H26N4O2S. The van der Waals surface area contributed by atoms with Crippen molar-refractivity contribution in [2.45, 2.75) is 52.6 Å². The Hall–Kier alpha value is -1.73. The second-order valence-electron chi connectivity index (χ2n) is 6.69. The van der Waals surface area contributed by atoms with Gasteiger partial charge in [0.15, 0.2) is 0 Å². The van der Waals surface area contributed by atoms with Crippen LogP contribution in [0, 0.1) is 13.8 Å². The van der Waals surface area contributed by atoms with Gasteiger partial charge in [-0.3, -0.25) is 19.1 Å². The van der Waals surface area contributed by atoms with E-state index < -0.39 is 0 Å². The Morgan fingerprint density at radius 1 is 1.44 bits per heavy atom. The summed E-state index contributed by atoms with van der Waals surface area (Å²) in [4.78, 5) is 33.4. The smallest absolute Gasteiger partial charge is 0.262 e. The standard InChI is InChI=1S/C18H26N4O2S/c1-4-21-8-5-6-14(21)10-19-15(23)7-9-22-11-20-17-16(18(22)24)12(2)13(3)25-17/h11,14H,4-10H2,1-3H3,(H,19,23). The molecule has 0 aliphatic carbocycles. The summed E-state index contributed by atoms with van der Waals surface area (Å²) in [6.45, 7) is 9.32. The number of hydrogen-bond donors (Lipinski definition) is 1. The number of likely N-dealkylation sites (N-methyl/N-ethyl adjacent to an activating group) is 1. The third kappa shape index (κ3) is 3.77. The van der Waals surface area contributed by atoms with Gasteiger partial charge in [-0.2, -0.15) is 0 Å². The summed E-state index contributed by atoms with van der Waals surface area (Å²) in [5.74, 6) is -0.00632. The Labute approximate surface area is 151 Å². The molecule has 1 saturated heterocycles. The van der Waals surface area contributed by atoms with Crippen LogP contribution in [0.2, 0.25) is 0 Å². The molecule has 6 nitrogen and oxygen atoms in total. The molecule has 136 valence electrons. The molecule has 3 heterocycles. The number of nitrogens with one attached hydrogen (secondary N) is 1. The third-order valence-electron chi connectivity index (χ3n) is 5.18. The maximum atomic E-state index is 12.6. The fraction of sp³-hybridized carbons (Fsp3) is 0.611. The first-order valence-corrected chi connectivity index (χ1v) is 9.78. The first-order valence-electron chi connectivity index (χ1n) is 8.97. The number of thiophene rings is 1. The summed E-state index contributed by atoms with van der Waals surface area (Å²) in [6.07, 6.45) is 4.21. The summed E-state index contributed by atoms with van der Waals surface area (Å²) in [5, 5.41) is 3.71. The minimum atomic E-state index is -0.0485. The summed E-state index contributed by atoms with van der Waals surface area (Å²) in [5.41, 5.74) is 0.949. The van der Waals surface area contributed by atoms with Crippen molar-refractivity contribution < 1.29 is 4.79 Å². The third-order valence-corrected chi connectivity index (χ3v) is 6.29. The average molecular weight is 362 g/mol. The molecule has 25 heavy (non-hydrogen) atoms. The topological polar surface area (TPSA) is 67.2 Å². The summed E-state index contributed by atoms with van der Waals surface area (Å²) >= 11 is 1.54. The molecule has 3 rings (SSSR count). The van der Waals surface area contributed by atoms with E-state index in [0.29, 0.717) is 30.9 Å². The van der Waals surface area contributed by atoms with Crippen molar-refractivity contribution in [3.05, 3.63) is 27.1 Å². The van der Waals surface area contributed by atoms with E-state index in [9.17, 15) is 9.59 Å². The van der Waals surface area contributed by atoms with Gasteiger partial charge in [0.1, 0.15) is 4.83 Å². The summed E-state index contributed by atoms with van der Waals surface area (Å²) in [6, 6.07) is 0.450. The van der Waals surface area contributed by atoms with Gasteiger partial charge < -0.3 is 5.32 Å². The van der Waals surface area contributed by atoms with Gasteiger partial charge in [-0.1, -0.05) is 6.92 Å². The van der Waals surface area contributed by atoms with Crippen molar-refractivity contribution in [3.63, 3.8) is 0 Å². The zero-order valence-electron chi connectivity index (χ0n) is 15.2. The van der Waals surface area contributed by atoms with Crippen LogP contribution in [-0.2, 0) is 11.3 Å². The Kier molecular flexibility index (Phi) is 5.54. The zero-order chi connectivity index (χ0) is 18.0. The Morgan fingerprint density at radius 3 is 3.00 bits per heavy atom. The fourth-order valence-electron chi connectivity index (χ4n) is 3.51. The summed E-state index contributed by atoms with van der Waals surface area (Å²) < 4.78 is 1.55. The van der Waals surface area contributed by atoms with Crippen LogP contribution in [-0.4, -0.2) is 46.0 Å². The predicted molar refractivity (Wildman–Crippen MR) is 101 cm³/mol. The highest BCUT2D eigenvalue weighted by Gasteiger charge is 2.23. The van der Waals surface area contributed by atoms with Crippen molar-refractivity contribution in [1.29, 1.82) is 0 Å². The number of nitrogens with zero attached hydrogens (tertiary/aromatic N) is 3. The molecule has 0 bridgehead atoms. The maximum Gasteiger partial charge on any atom is 0.262 e. The van der Waals surface area contributed by atoms with Gasteiger partial charge in [0.2, 0.25) is 5.91 Å². The van der Waals surface area contributed by atoms with E-state index in [4.69, 9.17) is 0 Å². The molecule has 1 amide bonds. The van der Waals surface area contributed by atoms with E-state index in [1.54, 1.807) is 22.2 Å². The van der Waals surface area contributed by atoms with E-state index in [1.807, 2.05) is 13.8 Å². The highest BCUT2D eigenvalue weighted by molar-refractivity contribution is 7.18. The normalized spacial score (nSPS) is 18.1. The fourth-order valence-corrected chi connectivity index (χ4v) is 4.50. The molecule has 0 spiro atoms. The Balaban J connectivity index is 1.59. The van der Waals surface area contributed by atoms with Gasteiger partial charge in [0.05, 0.1) is 11.7 Å². The first-order chi connectivity index (χ1) is 12.0. The Bertz CT molecular complexity index is 826. The molecule has 1 unspecified atom stereocenters. The molecular weight excluding hydrogens is 336 g/mol. The second kappa shape index (κ2) is 7.66. The van der Waals surface area contributed by atoms with Crippen molar-refractivity contribution in [2.75, 3.05) is 19.6 Å². The maximum absolute atomic E-state index is 12.6. The van der Waals surface area contributed by atoms with Crippen LogP contribution < -0.4 is 10.9 Å². The number of fused-ring (bicyclic) bond motifs is 1.